The van der Waals surface area contributed by atoms with E-state index in [9.17, 15) is 19.1 Å². The lowest BCUT2D eigenvalue weighted by molar-refractivity contribution is -0.908. The molecule has 2 aliphatic rings. The summed E-state index contributed by atoms with van der Waals surface area (Å²) in [5, 5.41) is 13.3. The number of amides is 1. The van der Waals surface area contributed by atoms with E-state index >= 15 is 0 Å². The lowest BCUT2D eigenvalue weighted by Crippen LogP contribution is -3.14. The van der Waals surface area contributed by atoms with Gasteiger partial charge in [-0.2, -0.15) is 0 Å². The van der Waals surface area contributed by atoms with E-state index in [1.54, 1.807) is 24.3 Å². The highest BCUT2D eigenvalue weighted by molar-refractivity contribution is 9.10. The largest absolute Gasteiger partial charge is 0.872 e. The lowest BCUT2D eigenvalue weighted by Gasteiger charge is -2.29. The zero-order valence-electron chi connectivity index (χ0n) is 17.5. The van der Waals surface area contributed by atoms with Gasteiger partial charge in [0.05, 0.1) is 25.8 Å². The Kier molecular flexibility index (Phi) is 7.03. The van der Waals surface area contributed by atoms with Crippen molar-refractivity contribution in [2.75, 3.05) is 39.4 Å². The molecule has 2 heterocycles. The number of nitrogens with one attached hydrogen (secondary N) is 1. The van der Waals surface area contributed by atoms with E-state index < -0.39 is 29.3 Å². The van der Waals surface area contributed by atoms with Crippen molar-refractivity contribution < 1.29 is 28.7 Å². The number of nitrogens with zero attached hydrogens (tertiary/aromatic N) is 1. The SMILES string of the molecule is O=C1C(=O)N(CCC[NH+]2CCOCC2)C(c2ccc(F)cc2)/C1=C(\[O-])c1ccc(Br)cc1. The molecule has 1 N–H and O–H groups in total. The number of ether oxygens (including phenoxy) is 1. The van der Waals surface area contributed by atoms with E-state index in [0.29, 0.717) is 37.3 Å². The number of likely N-dealkylation sites (tertiary alicyclic amines) is 1. The van der Waals surface area contributed by atoms with Gasteiger partial charge in [0.15, 0.2) is 0 Å². The van der Waals surface area contributed by atoms with Crippen molar-refractivity contribution in [2.45, 2.75) is 12.5 Å². The van der Waals surface area contributed by atoms with Crippen LogP contribution in [0.3, 0.4) is 0 Å². The van der Waals surface area contributed by atoms with Crippen molar-refractivity contribution in [1.82, 2.24) is 4.90 Å². The van der Waals surface area contributed by atoms with Crippen molar-refractivity contribution in [3.8, 4) is 0 Å². The first kappa shape index (κ1) is 22.6. The van der Waals surface area contributed by atoms with Gasteiger partial charge in [0, 0.05) is 23.0 Å². The minimum Gasteiger partial charge on any atom is -0.872 e. The minimum atomic E-state index is -0.827. The van der Waals surface area contributed by atoms with Crippen molar-refractivity contribution in [3.05, 3.63) is 75.5 Å². The standard InChI is InChI=1S/C24H24BrFN2O4/c25-18-6-2-17(3-7-18)22(29)20-21(16-4-8-19(26)9-5-16)28(24(31)23(20)30)11-1-10-27-12-14-32-15-13-27/h2-9,21,29H,1,10-15H2/b22-20+. The lowest BCUT2D eigenvalue weighted by atomic mass is 9.95. The van der Waals surface area contributed by atoms with Gasteiger partial charge in [-0.25, -0.2) is 4.39 Å². The number of morpholine rings is 1. The average Bonchev–Trinajstić information content (AvgIpc) is 3.05. The van der Waals surface area contributed by atoms with Crippen LogP contribution in [0.15, 0.2) is 58.6 Å². The Morgan fingerprint density at radius 3 is 2.41 bits per heavy atom. The Bertz CT molecular complexity index is 1020. The molecule has 0 aromatic heterocycles. The maximum Gasteiger partial charge on any atom is 0.295 e. The van der Waals surface area contributed by atoms with Gasteiger partial charge in [-0.15, -0.1) is 0 Å². The summed E-state index contributed by atoms with van der Waals surface area (Å²) in [6.45, 7) is 4.44. The number of ketones is 1. The van der Waals surface area contributed by atoms with Crippen LogP contribution in [0.25, 0.3) is 5.76 Å². The predicted octanol–water partition coefficient (Wildman–Crippen LogP) is 1.12. The fraction of sp³-hybridized carbons (Fsp3) is 0.333. The summed E-state index contributed by atoms with van der Waals surface area (Å²) in [4.78, 5) is 28.7. The highest BCUT2D eigenvalue weighted by Crippen LogP contribution is 2.38. The van der Waals surface area contributed by atoms with E-state index in [1.807, 2.05) is 0 Å². The zero-order valence-corrected chi connectivity index (χ0v) is 19.1. The number of hydrogen-bond donors (Lipinski definition) is 1. The Morgan fingerprint density at radius 2 is 1.75 bits per heavy atom. The fourth-order valence-corrected chi connectivity index (χ4v) is 4.52. The zero-order chi connectivity index (χ0) is 22.7. The van der Waals surface area contributed by atoms with Crippen LogP contribution in [0.4, 0.5) is 4.39 Å². The van der Waals surface area contributed by atoms with Crippen LogP contribution in [0.5, 0.6) is 0 Å². The fourth-order valence-electron chi connectivity index (χ4n) is 4.26. The Morgan fingerprint density at radius 1 is 1.09 bits per heavy atom. The molecule has 6 nitrogen and oxygen atoms in total. The average molecular weight is 503 g/mol. The highest BCUT2D eigenvalue weighted by Gasteiger charge is 2.44. The molecule has 1 atom stereocenters. The molecular formula is C24H24BrFN2O4. The molecule has 2 aromatic carbocycles. The van der Waals surface area contributed by atoms with Gasteiger partial charge < -0.3 is 19.6 Å². The number of carbonyl (C=O) groups is 2. The molecule has 32 heavy (non-hydrogen) atoms. The molecule has 4 rings (SSSR count). The molecular weight excluding hydrogens is 479 g/mol. The number of benzene rings is 2. The quantitative estimate of drug-likeness (QED) is 0.365. The van der Waals surface area contributed by atoms with Crippen molar-refractivity contribution in [2.24, 2.45) is 0 Å². The molecule has 1 amide bonds. The third-order valence-electron chi connectivity index (χ3n) is 5.95. The van der Waals surface area contributed by atoms with Gasteiger partial charge in [-0.3, -0.25) is 9.59 Å². The van der Waals surface area contributed by atoms with Crippen LogP contribution in [0, 0.1) is 5.82 Å². The molecule has 2 aliphatic heterocycles. The maximum atomic E-state index is 13.6. The topological polar surface area (TPSA) is 74.1 Å². The van der Waals surface area contributed by atoms with E-state index in [1.165, 1.54) is 34.1 Å². The number of Topliss-reactive ketones (excluding diaryl/α,β-unsaturated/α-hetero) is 1. The van der Waals surface area contributed by atoms with Crippen molar-refractivity contribution in [3.63, 3.8) is 0 Å². The monoisotopic (exact) mass is 502 g/mol. The number of quaternary nitrogens is 1. The number of carbonyl (C=O) groups excluding carboxylic acids is 2. The Balaban J connectivity index is 1.66. The summed E-state index contributed by atoms with van der Waals surface area (Å²) in [5.41, 5.74) is 0.795. The van der Waals surface area contributed by atoms with Gasteiger partial charge in [0.25, 0.3) is 5.91 Å². The van der Waals surface area contributed by atoms with E-state index in [2.05, 4.69) is 15.9 Å². The number of halogens is 2. The summed E-state index contributed by atoms with van der Waals surface area (Å²) in [7, 11) is 0. The summed E-state index contributed by atoms with van der Waals surface area (Å²) in [6.07, 6.45) is 0.686. The third-order valence-corrected chi connectivity index (χ3v) is 6.48. The van der Waals surface area contributed by atoms with Gasteiger partial charge >= 0.3 is 0 Å². The van der Waals surface area contributed by atoms with Gasteiger partial charge in [0.2, 0.25) is 5.78 Å². The molecule has 1 unspecified atom stereocenters. The molecule has 0 radical (unpaired) electrons. The van der Waals surface area contributed by atoms with Crippen molar-refractivity contribution in [1.29, 1.82) is 0 Å². The van der Waals surface area contributed by atoms with Crippen molar-refractivity contribution >= 4 is 33.4 Å². The van der Waals surface area contributed by atoms with Gasteiger partial charge in [0.1, 0.15) is 18.9 Å². The number of rotatable bonds is 6. The summed E-state index contributed by atoms with van der Waals surface area (Å²) >= 11 is 3.33. The van der Waals surface area contributed by atoms with Crippen LogP contribution in [0.1, 0.15) is 23.6 Å². The second kappa shape index (κ2) is 9.94. The molecule has 168 valence electrons. The Hall–Kier alpha value is -2.55. The Labute approximate surface area is 194 Å². The van der Waals surface area contributed by atoms with E-state index in [0.717, 1.165) is 24.1 Å². The second-order valence-electron chi connectivity index (χ2n) is 8.00. The molecule has 0 saturated carbocycles. The van der Waals surface area contributed by atoms with Gasteiger partial charge in [-0.05, 0) is 35.4 Å². The normalized spacial score (nSPS) is 21.3. The minimum absolute atomic E-state index is 0.0809. The first-order valence-corrected chi connectivity index (χ1v) is 11.4. The van der Waals surface area contributed by atoms with Crippen LogP contribution in [-0.4, -0.2) is 56.0 Å². The summed E-state index contributed by atoms with van der Waals surface area (Å²) in [6, 6.07) is 11.4. The molecule has 0 aliphatic carbocycles. The van der Waals surface area contributed by atoms with Crippen LogP contribution < -0.4 is 10.0 Å². The molecule has 8 heteroatoms. The molecule has 2 saturated heterocycles. The van der Waals surface area contributed by atoms with Crippen LogP contribution in [0.2, 0.25) is 0 Å². The first-order chi connectivity index (χ1) is 15.5. The smallest absolute Gasteiger partial charge is 0.295 e. The van der Waals surface area contributed by atoms with Crippen LogP contribution in [-0.2, 0) is 14.3 Å². The first-order valence-electron chi connectivity index (χ1n) is 10.6. The third kappa shape index (κ3) is 4.77. The number of hydrogen-bond acceptors (Lipinski definition) is 4. The molecule has 2 fully saturated rings. The molecule has 0 spiro atoms. The summed E-state index contributed by atoms with van der Waals surface area (Å²) < 4.78 is 19.7. The summed E-state index contributed by atoms with van der Waals surface area (Å²) in [5.74, 6) is -2.37. The maximum absolute atomic E-state index is 13.6. The van der Waals surface area contributed by atoms with Crippen LogP contribution >= 0.6 is 15.9 Å². The molecule has 2 aromatic rings. The highest BCUT2D eigenvalue weighted by atomic mass is 79.9. The predicted molar refractivity (Wildman–Crippen MR) is 118 cm³/mol. The van der Waals surface area contributed by atoms with Gasteiger partial charge in [-0.1, -0.05) is 46.0 Å². The molecule has 0 bridgehead atoms. The van der Waals surface area contributed by atoms with E-state index in [4.69, 9.17) is 4.74 Å². The van der Waals surface area contributed by atoms with E-state index in [-0.39, 0.29) is 5.57 Å². The second-order valence-corrected chi connectivity index (χ2v) is 8.91.